The topological polar surface area (TPSA) is 20.3 Å². The molecule has 1 saturated carbocycles. The Kier molecular flexibility index (Phi) is 1.92. The molecular weight excluding hydrogens is 181 g/mol. The van der Waals surface area contributed by atoms with Crippen molar-refractivity contribution in [3.05, 3.63) is 0 Å². The Bertz CT molecular complexity index is 270. The zero-order valence-corrected chi connectivity index (χ0v) is 9.14. The van der Waals surface area contributed by atoms with Crippen molar-refractivity contribution in [2.75, 3.05) is 13.1 Å². The second-order valence-electron chi connectivity index (χ2n) is 5.43. The molecule has 1 heterocycles. The number of likely N-dealkylation sites (tertiary alicyclic amines) is 1. The van der Waals surface area contributed by atoms with Crippen LogP contribution in [0.1, 0.15) is 33.6 Å². The highest BCUT2D eigenvalue weighted by molar-refractivity contribution is 5.85. The predicted molar refractivity (Wildman–Crippen MR) is 52.6 cm³/mol. The third-order valence-electron chi connectivity index (χ3n) is 3.83. The molecule has 0 aromatic heterocycles. The van der Waals surface area contributed by atoms with Gasteiger partial charge in [0.15, 0.2) is 0 Å². The quantitative estimate of drug-likeness (QED) is 0.632. The minimum absolute atomic E-state index is 0.0335. The van der Waals surface area contributed by atoms with E-state index in [0.29, 0.717) is 6.54 Å². The maximum absolute atomic E-state index is 13.8. The summed E-state index contributed by atoms with van der Waals surface area (Å²) in [6, 6.07) is 0. The van der Waals surface area contributed by atoms with Crippen molar-refractivity contribution in [3.8, 4) is 0 Å². The molecule has 0 radical (unpaired) electrons. The first kappa shape index (κ1) is 9.94. The molecule has 2 nitrogen and oxygen atoms in total. The summed E-state index contributed by atoms with van der Waals surface area (Å²) in [4.78, 5) is 13.6. The molecule has 2 fully saturated rings. The number of hydrogen-bond donors (Lipinski definition) is 0. The number of carbonyl (C=O) groups is 1. The third kappa shape index (κ3) is 1.43. The van der Waals surface area contributed by atoms with Gasteiger partial charge in [-0.15, -0.1) is 0 Å². The van der Waals surface area contributed by atoms with Crippen molar-refractivity contribution in [1.82, 2.24) is 4.90 Å². The van der Waals surface area contributed by atoms with Gasteiger partial charge in [0, 0.05) is 17.9 Å². The van der Waals surface area contributed by atoms with E-state index in [1.807, 2.05) is 13.8 Å². The number of rotatable bonds is 1. The van der Waals surface area contributed by atoms with Gasteiger partial charge in [-0.25, -0.2) is 4.39 Å². The smallest absolute Gasteiger partial charge is 0.228 e. The maximum Gasteiger partial charge on any atom is 0.228 e. The summed E-state index contributed by atoms with van der Waals surface area (Å²) in [6.45, 7) is 6.32. The van der Waals surface area contributed by atoms with Crippen LogP contribution < -0.4 is 0 Å². The number of nitrogens with zero attached hydrogens (tertiary/aromatic N) is 1. The van der Waals surface area contributed by atoms with E-state index >= 15 is 0 Å². The molecule has 0 spiro atoms. The van der Waals surface area contributed by atoms with Crippen LogP contribution in [0, 0.1) is 11.3 Å². The van der Waals surface area contributed by atoms with Gasteiger partial charge in [-0.1, -0.05) is 13.8 Å². The molecule has 0 bridgehead atoms. The fraction of sp³-hybridized carbons (Fsp3) is 0.909. The van der Waals surface area contributed by atoms with Crippen molar-refractivity contribution >= 4 is 5.91 Å². The van der Waals surface area contributed by atoms with Gasteiger partial charge in [0.2, 0.25) is 5.91 Å². The summed E-state index contributed by atoms with van der Waals surface area (Å²) in [6.07, 6.45) is 1.94. The minimum atomic E-state index is -1.19. The van der Waals surface area contributed by atoms with E-state index in [1.54, 1.807) is 11.8 Å². The zero-order valence-electron chi connectivity index (χ0n) is 9.14. The molecule has 0 unspecified atom stereocenters. The summed E-state index contributed by atoms with van der Waals surface area (Å²) >= 11 is 0. The molecule has 0 N–H and O–H groups in total. The number of amides is 1. The molecule has 2 rings (SSSR count). The second kappa shape index (κ2) is 2.71. The molecule has 1 amide bonds. The molecule has 1 saturated heterocycles. The standard InChI is InChI=1S/C11H18FNO/c1-8-6-13(7-11(8,3)12)9(14)10(2)4-5-10/h8H,4-7H2,1-3H3/t8-,11+/m1/s1. The van der Waals surface area contributed by atoms with Gasteiger partial charge >= 0.3 is 0 Å². The minimum Gasteiger partial charge on any atom is -0.339 e. The largest absolute Gasteiger partial charge is 0.339 e. The summed E-state index contributed by atoms with van der Waals surface area (Å²) in [7, 11) is 0. The first-order valence-corrected chi connectivity index (χ1v) is 5.33. The van der Waals surface area contributed by atoms with Crippen molar-refractivity contribution < 1.29 is 9.18 Å². The van der Waals surface area contributed by atoms with Crippen LogP contribution in [0.3, 0.4) is 0 Å². The summed E-state index contributed by atoms with van der Waals surface area (Å²) < 4.78 is 13.8. The van der Waals surface area contributed by atoms with E-state index in [9.17, 15) is 9.18 Å². The van der Waals surface area contributed by atoms with E-state index in [1.165, 1.54) is 0 Å². The number of carbonyl (C=O) groups excluding carboxylic acids is 1. The Labute approximate surface area is 84.5 Å². The van der Waals surface area contributed by atoms with E-state index in [4.69, 9.17) is 0 Å². The second-order valence-corrected chi connectivity index (χ2v) is 5.43. The van der Waals surface area contributed by atoms with Crippen molar-refractivity contribution in [1.29, 1.82) is 0 Å². The summed E-state index contributed by atoms with van der Waals surface area (Å²) in [5.74, 6) is 0.125. The fourth-order valence-corrected chi connectivity index (χ4v) is 2.05. The van der Waals surface area contributed by atoms with Gasteiger partial charge < -0.3 is 4.90 Å². The lowest BCUT2D eigenvalue weighted by atomic mass is 9.97. The molecule has 1 aliphatic carbocycles. The maximum atomic E-state index is 13.8. The highest BCUT2D eigenvalue weighted by Crippen LogP contribution is 2.48. The Balaban J connectivity index is 2.05. The van der Waals surface area contributed by atoms with Crippen molar-refractivity contribution in [2.45, 2.75) is 39.3 Å². The molecule has 1 aliphatic heterocycles. The van der Waals surface area contributed by atoms with Crippen LogP contribution in [-0.4, -0.2) is 29.6 Å². The zero-order chi connectivity index (χ0) is 10.6. The SMILES string of the molecule is C[C@@H]1CN(C(=O)C2(C)CC2)C[C@]1(C)F. The van der Waals surface area contributed by atoms with E-state index < -0.39 is 5.67 Å². The first-order valence-electron chi connectivity index (χ1n) is 5.33. The number of alkyl halides is 1. The third-order valence-corrected chi connectivity index (χ3v) is 3.83. The molecule has 2 aliphatic rings. The first-order chi connectivity index (χ1) is 6.35. The van der Waals surface area contributed by atoms with Crippen LogP contribution in [0.25, 0.3) is 0 Å². The average molecular weight is 199 g/mol. The monoisotopic (exact) mass is 199 g/mol. The summed E-state index contributed by atoms with van der Waals surface area (Å²) in [5.41, 5.74) is -1.35. The Morgan fingerprint density at radius 2 is 2.00 bits per heavy atom. The molecule has 14 heavy (non-hydrogen) atoms. The molecular formula is C11H18FNO. The van der Waals surface area contributed by atoms with E-state index in [2.05, 4.69) is 0 Å². The Hall–Kier alpha value is -0.600. The van der Waals surface area contributed by atoms with Crippen LogP contribution in [0.4, 0.5) is 4.39 Å². The Morgan fingerprint density at radius 1 is 1.43 bits per heavy atom. The predicted octanol–water partition coefficient (Wildman–Crippen LogP) is 1.99. The lowest BCUT2D eigenvalue weighted by Crippen LogP contribution is -2.36. The van der Waals surface area contributed by atoms with Crippen LogP contribution >= 0.6 is 0 Å². The van der Waals surface area contributed by atoms with Crippen molar-refractivity contribution in [2.24, 2.45) is 11.3 Å². The lowest BCUT2D eigenvalue weighted by molar-refractivity contribution is -0.135. The Morgan fingerprint density at radius 3 is 2.36 bits per heavy atom. The molecule has 3 heteroatoms. The molecule has 80 valence electrons. The lowest BCUT2D eigenvalue weighted by Gasteiger charge is -2.21. The highest BCUT2D eigenvalue weighted by atomic mass is 19.1. The van der Waals surface area contributed by atoms with Crippen LogP contribution in [-0.2, 0) is 4.79 Å². The molecule has 0 aromatic carbocycles. The van der Waals surface area contributed by atoms with Gasteiger partial charge in [-0.3, -0.25) is 4.79 Å². The normalized spacial score (nSPS) is 40.0. The van der Waals surface area contributed by atoms with Gasteiger partial charge in [0.1, 0.15) is 5.67 Å². The van der Waals surface area contributed by atoms with Crippen LogP contribution in [0.5, 0.6) is 0 Å². The van der Waals surface area contributed by atoms with Crippen LogP contribution in [0.2, 0.25) is 0 Å². The summed E-state index contributed by atoms with van der Waals surface area (Å²) in [5, 5.41) is 0. The molecule has 0 aromatic rings. The number of hydrogen-bond acceptors (Lipinski definition) is 1. The van der Waals surface area contributed by atoms with Gasteiger partial charge in [0.25, 0.3) is 0 Å². The van der Waals surface area contributed by atoms with Crippen LogP contribution in [0.15, 0.2) is 0 Å². The molecule has 2 atom stereocenters. The van der Waals surface area contributed by atoms with Gasteiger partial charge in [0.05, 0.1) is 6.54 Å². The average Bonchev–Trinajstić information content (AvgIpc) is 2.75. The van der Waals surface area contributed by atoms with Gasteiger partial charge in [-0.05, 0) is 19.8 Å². The fourth-order valence-electron chi connectivity index (χ4n) is 2.05. The number of halogens is 1. The van der Waals surface area contributed by atoms with E-state index in [0.717, 1.165) is 12.8 Å². The van der Waals surface area contributed by atoms with Crippen molar-refractivity contribution in [3.63, 3.8) is 0 Å². The van der Waals surface area contributed by atoms with E-state index in [-0.39, 0.29) is 23.8 Å². The van der Waals surface area contributed by atoms with Gasteiger partial charge in [-0.2, -0.15) is 0 Å². The highest BCUT2D eigenvalue weighted by Gasteiger charge is 2.51.